The van der Waals surface area contributed by atoms with Gasteiger partial charge in [-0.3, -0.25) is 19.3 Å². The van der Waals surface area contributed by atoms with E-state index in [9.17, 15) is 14.4 Å². The van der Waals surface area contributed by atoms with E-state index >= 15 is 0 Å². The molecule has 4 rings (SSSR count). The zero-order valence-electron chi connectivity index (χ0n) is 14.8. The van der Waals surface area contributed by atoms with Gasteiger partial charge in [-0.25, -0.2) is 0 Å². The van der Waals surface area contributed by atoms with Gasteiger partial charge in [0.05, 0.1) is 4.91 Å². The van der Waals surface area contributed by atoms with E-state index in [2.05, 4.69) is 6.07 Å². The second kappa shape index (κ2) is 7.08. The van der Waals surface area contributed by atoms with Crippen LogP contribution >= 0.6 is 11.8 Å². The zero-order valence-corrected chi connectivity index (χ0v) is 15.6. The quantitative estimate of drug-likeness (QED) is 0.763. The number of aryl methyl sites for hydroxylation is 1. The third kappa shape index (κ3) is 3.55. The summed E-state index contributed by atoms with van der Waals surface area (Å²) >= 11 is 0.831. The monoisotopic (exact) mass is 382 g/mol. The fourth-order valence-electron chi connectivity index (χ4n) is 3.24. The van der Waals surface area contributed by atoms with Gasteiger partial charge in [0, 0.05) is 19.2 Å². The Morgan fingerprint density at radius 1 is 1.19 bits per heavy atom. The molecule has 138 valence electrons. The van der Waals surface area contributed by atoms with Crippen LogP contribution in [0.15, 0.2) is 45.7 Å². The topological polar surface area (TPSA) is 70.8 Å². The predicted octanol–water partition coefficient (Wildman–Crippen LogP) is 3.21. The number of hydrogen-bond acceptors (Lipinski definition) is 5. The van der Waals surface area contributed by atoms with Crippen LogP contribution in [0, 0.1) is 6.92 Å². The number of hydrogen-bond donors (Lipinski definition) is 0. The van der Waals surface area contributed by atoms with Crippen molar-refractivity contribution in [2.45, 2.75) is 19.9 Å². The Labute approximate surface area is 160 Å². The van der Waals surface area contributed by atoms with Crippen LogP contribution in [0.4, 0.5) is 4.79 Å². The van der Waals surface area contributed by atoms with Gasteiger partial charge >= 0.3 is 0 Å². The molecule has 3 amide bonds. The van der Waals surface area contributed by atoms with Crippen LogP contribution in [0.5, 0.6) is 0 Å². The van der Waals surface area contributed by atoms with E-state index in [1.807, 2.05) is 18.2 Å². The van der Waals surface area contributed by atoms with Gasteiger partial charge in [0.1, 0.15) is 18.1 Å². The second-order valence-corrected chi connectivity index (χ2v) is 7.54. The number of imide groups is 1. The van der Waals surface area contributed by atoms with E-state index in [1.165, 1.54) is 5.56 Å². The summed E-state index contributed by atoms with van der Waals surface area (Å²) in [6.45, 7) is 2.67. The number of thioether (sulfide) groups is 1. The van der Waals surface area contributed by atoms with Gasteiger partial charge in [0.25, 0.3) is 11.1 Å². The van der Waals surface area contributed by atoms with E-state index in [1.54, 1.807) is 30.0 Å². The van der Waals surface area contributed by atoms with Crippen molar-refractivity contribution >= 4 is 34.9 Å². The summed E-state index contributed by atoms with van der Waals surface area (Å²) in [5.74, 6) is 0.560. The molecular formula is C20H18N2O4S. The van der Waals surface area contributed by atoms with E-state index in [0.29, 0.717) is 18.8 Å². The van der Waals surface area contributed by atoms with E-state index in [-0.39, 0.29) is 17.4 Å². The van der Waals surface area contributed by atoms with Gasteiger partial charge < -0.3 is 9.32 Å². The van der Waals surface area contributed by atoms with Crippen molar-refractivity contribution in [1.82, 2.24) is 9.80 Å². The molecular weight excluding hydrogens is 364 g/mol. The molecule has 0 radical (unpaired) electrons. The molecule has 0 saturated carbocycles. The largest absolute Gasteiger partial charge is 0.462 e. The van der Waals surface area contributed by atoms with Crippen molar-refractivity contribution in [1.29, 1.82) is 0 Å². The first-order chi connectivity index (χ1) is 13.0. The molecule has 0 bridgehead atoms. The SMILES string of the molecule is Cc1ccc(/C=C2\SC(=O)N(CC(=O)N3CCc4ccccc4C3)C2=O)o1. The molecule has 6 nitrogen and oxygen atoms in total. The molecule has 7 heteroatoms. The fraction of sp³-hybridized carbons (Fsp3) is 0.250. The van der Waals surface area contributed by atoms with Gasteiger partial charge in [0.2, 0.25) is 5.91 Å². The van der Waals surface area contributed by atoms with Gasteiger partial charge in [-0.15, -0.1) is 0 Å². The van der Waals surface area contributed by atoms with Crippen LogP contribution in [0.25, 0.3) is 6.08 Å². The Kier molecular flexibility index (Phi) is 4.61. The molecule has 0 N–H and O–H groups in total. The lowest BCUT2D eigenvalue weighted by Gasteiger charge is -2.29. The fourth-order valence-corrected chi connectivity index (χ4v) is 4.06. The van der Waals surface area contributed by atoms with Crippen molar-refractivity contribution in [2.75, 3.05) is 13.1 Å². The van der Waals surface area contributed by atoms with E-state index in [4.69, 9.17) is 4.42 Å². The van der Waals surface area contributed by atoms with Crippen LogP contribution in [0.3, 0.4) is 0 Å². The van der Waals surface area contributed by atoms with Crippen molar-refractivity contribution < 1.29 is 18.8 Å². The normalized spacial score (nSPS) is 18.3. The molecule has 0 spiro atoms. The molecule has 3 heterocycles. The molecule has 2 aromatic rings. The Hall–Kier alpha value is -2.80. The third-order valence-electron chi connectivity index (χ3n) is 4.68. The molecule has 1 saturated heterocycles. The van der Waals surface area contributed by atoms with Crippen LogP contribution in [0.1, 0.15) is 22.6 Å². The minimum atomic E-state index is -0.454. The number of carbonyl (C=O) groups excluding carboxylic acids is 3. The summed E-state index contributed by atoms with van der Waals surface area (Å²) in [4.78, 5) is 40.4. The van der Waals surface area contributed by atoms with Gasteiger partial charge in [-0.2, -0.15) is 0 Å². The molecule has 2 aliphatic rings. The second-order valence-electron chi connectivity index (χ2n) is 6.55. The van der Waals surface area contributed by atoms with E-state index in [0.717, 1.165) is 34.4 Å². The average molecular weight is 382 g/mol. The summed E-state index contributed by atoms with van der Waals surface area (Å²) in [6, 6.07) is 11.5. The maximum Gasteiger partial charge on any atom is 0.294 e. The van der Waals surface area contributed by atoms with Crippen LogP contribution < -0.4 is 0 Å². The first kappa shape index (κ1) is 17.6. The minimum absolute atomic E-state index is 0.220. The van der Waals surface area contributed by atoms with Crippen molar-refractivity contribution in [3.63, 3.8) is 0 Å². The summed E-state index contributed by atoms with van der Waals surface area (Å²) in [5, 5.41) is -0.430. The molecule has 0 unspecified atom stereocenters. The first-order valence-electron chi connectivity index (χ1n) is 8.67. The van der Waals surface area contributed by atoms with Gasteiger partial charge in [-0.05, 0) is 48.4 Å². The lowest BCUT2D eigenvalue weighted by Crippen LogP contribution is -2.44. The maximum atomic E-state index is 12.7. The Morgan fingerprint density at radius 2 is 1.96 bits per heavy atom. The maximum absolute atomic E-state index is 12.7. The molecule has 1 fully saturated rings. The Morgan fingerprint density at radius 3 is 2.70 bits per heavy atom. The predicted molar refractivity (Wildman–Crippen MR) is 102 cm³/mol. The van der Waals surface area contributed by atoms with Crippen molar-refractivity contribution in [3.8, 4) is 0 Å². The van der Waals surface area contributed by atoms with Crippen LogP contribution in [-0.4, -0.2) is 39.9 Å². The summed E-state index contributed by atoms with van der Waals surface area (Å²) in [6.07, 6.45) is 2.32. The van der Waals surface area contributed by atoms with Gasteiger partial charge in [-0.1, -0.05) is 24.3 Å². The summed E-state index contributed by atoms with van der Waals surface area (Å²) < 4.78 is 5.43. The van der Waals surface area contributed by atoms with Crippen molar-refractivity contribution in [2.24, 2.45) is 0 Å². The highest BCUT2D eigenvalue weighted by molar-refractivity contribution is 8.18. The highest BCUT2D eigenvalue weighted by Gasteiger charge is 2.37. The van der Waals surface area contributed by atoms with Gasteiger partial charge in [0.15, 0.2) is 0 Å². The number of furan rings is 1. The number of amides is 3. The molecule has 2 aliphatic heterocycles. The summed E-state index contributed by atoms with van der Waals surface area (Å²) in [7, 11) is 0. The molecule has 0 aliphatic carbocycles. The van der Waals surface area contributed by atoms with Crippen LogP contribution in [-0.2, 0) is 22.6 Å². The lowest BCUT2D eigenvalue weighted by atomic mass is 10.00. The molecule has 1 aromatic carbocycles. The third-order valence-corrected chi connectivity index (χ3v) is 5.59. The number of fused-ring (bicyclic) bond motifs is 1. The highest BCUT2D eigenvalue weighted by atomic mass is 32.2. The summed E-state index contributed by atoms with van der Waals surface area (Å²) in [5.41, 5.74) is 2.35. The molecule has 0 atom stereocenters. The van der Waals surface area contributed by atoms with E-state index < -0.39 is 11.1 Å². The highest BCUT2D eigenvalue weighted by Crippen LogP contribution is 2.32. The standard InChI is InChI=1S/C20H18N2O4S/c1-13-6-7-16(26-13)10-17-19(24)22(20(25)27-17)12-18(23)21-9-8-14-4-2-3-5-15(14)11-21/h2-7,10H,8-9,11-12H2,1H3/b17-10-. The smallest absolute Gasteiger partial charge is 0.294 e. The Balaban J connectivity index is 1.45. The number of nitrogens with zero attached hydrogens (tertiary/aromatic N) is 2. The first-order valence-corrected chi connectivity index (χ1v) is 9.49. The molecule has 1 aromatic heterocycles. The van der Waals surface area contributed by atoms with Crippen molar-refractivity contribution in [3.05, 3.63) is 64.0 Å². The number of carbonyl (C=O) groups is 3. The van der Waals surface area contributed by atoms with Crippen LogP contribution in [0.2, 0.25) is 0 Å². The average Bonchev–Trinajstić information content (AvgIpc) is 3.19. The minimum Gasteiger partial charge on any atom is -0.462 e. The number of benzene rings is 1. The number of rotatable bonds is 3. The zero-order chi connectivity index (χ0) is 19.0. The molecule has 27 heavy (non-hydrogen) atoms. The lowest BCUT2D eigenvalue weighted by molar-refractivity contribution is -0.136. The Bertz CT molecular complexity index is 962.